The zero-order valence-electron chi connectivity index (χ0n) is 18.0. The van der Waals surface area contributed by atoms with Crippen molar-refractivity contribution in [1.29, 1.82) is 0 Å². The van der Waals surface area contributed by atoms with Crippen LogP contribution in [0.25, 0.3) is 10.9 Å². The first-order valence-electron chi connectivity index (χ1n) is 11.3. The SMILES string of the molecule is CCc1ccc(C2CN3C(=O)CN(C4CC4)C(=O)C3(C)c3[nH]c4ccccc4c32)cc1. The predicted molar refractivity (Wildman–Crippen MR) is 120 cm³/mol. The zero-order chi connectivity index (χ0) is 21.3. The minimum absolute atomic E-state index is 0.0364. The van der Waals surface area contributed by atoms with E-state index < -0.39 is 5.54 Å². The first kappa shape index (κ1) is 18.7. The molecule has 6 rings (SSSR count). The molecule has 1 saturated heterocycles. The number of nitrogens with one attached hydrogen (secondary N) is 1. The van der Waals surface area contributed by atoms with Crippen LogP contribution in [0.2, 0.25) is 0 Å². The van der Waals surface area contributed by atoms with Crippen LogP contribution in [-0.4, -0.2) is 45.7 Å². The molecule has 1 saturated carbocycles. The highest BCUT2D eigenvalue weighted by molar-refractivity contribution is 6.01. The van der Waals surface area contributed by atoms with Gasteiger partial charge in [0.1, 0.15) is 6.54 Å². The van der Waals surface area contributed by atoms with Gasteiger partial charge in [0.15, 0.2) is 5.54 Å². The Kier molecular flexibility index (Phi) is 3.89. The van der Waals surface area contributed by atoms with Gasteiger partial charge in [-0.05, 0) is 48.9 Å². The standard InChI is InChI=1S/C26H27N3O2/c1-3-16-8-10-17(11-9-16)20-14-29-22(30)15-28(18-12-13-18)25(31)26(29,2)24-23(20)19-6-4-5-7-21(19)27-24/h4-11,18,20,27H,3,12-15H2,1-2H3. The molecule has 2 aromatic carbocycles. The number of aromatic nitrogens is 1. The van der Waals surface area contributed by atoms with Gasteiger partial charge < -0.3 is 14.8 Å². The van der Waals surface area contributed by atoms with Crippen LogP contribution in [0.4, 0.5) is 0 Å². The van der Waals surface area contributed by atoms with E-state index >= 15 is 0 Å². The average Bonchev–Trinajstić information content (AvgIpc) is 3.56. The molecule has 1 aliphatic carbocycles. The third-order valence-electron chi connectivity index (χ3n) is 7.55. The number of rotatable bonds is 3. The van der Waals surface area contributed by atoms with Crippen molar-refractivity contribution in [3.8, 4) is 0 Å². The fraction of sp³-hybridized carbons (Fsp3) is 0.385. The maximum absolute atomic E-state index is 13.8. The topological polar surface area (TPSA) is 56.4 Å². The third-order valence-corrected chi connectivity index (χ3v) is 7.55. The summed E-state index contributed by atoms with van der Waals surface area (Å²) in [5.41, 5.74) is 4.58. The summed E-state index contributed by atoms with van der Waals surface area (Å²) in [6.45, 7) is 4.82. The summed E-state index contributed by atoms with van der Waals surface area (Å²) < 4.78 is 0. The summed E-state index contributed by atoms with van der Waals surface area (Å²) in [5, 5.41) is 1.15. The number of hydrogen-bond donors (Lipinski definition) is 1. The molecule has 5 nitrogen and oxygen atoms in total. The van der Waals surface area contributed by atoms with Crippen molar-refractivity contribution >= 4 is 22.7 Å². The average molecular weight is 414 g/mol. The van der Waals surface area contributed by atoms with E-state index in [9.17, 15) is 9.59 Å². The number of aromatic amines is 1. The van der Waals surface area contributed by atoms with Crippen molar-refractivity contribution < 1.29 is 9.59 Å². The van der Waals surface area contributed by atoms with Crippen molar-refractivity contribution in [3.63, 3.8) is 0 Å². The molecule has 3 aliphatic rings. The van der Waals surface area contributed by atoms with Gasteiger partial charge in [0, 0.05) is 29.4 Å². The molecule has 0 spiro atoms. The lowest BCUT2D eigenvalue weighted by Gasteiger charge is -2.51. The summed E-state index contributed by atoms with van der Waals surface area (Å²) in [4.78, 5) is 34.4. The van der Waals surface area contributed by atoms with Crippen LogP contribution in [-0.2, 0) is 21.5 Å². The molecule has 158 valence electrons. The van der Waals surface area contributed by atoms with E-state index in [1.54, 1.807) is 0 Å². The first-order valence-corrected chi connectivity index (χ1v) is 11.3. The number of hydrogen-bond acceptors (Lipinski definition) is 2. The fourth-order valence-corrected chi connectivity index (χ4v) is 5.60. The van der Waals surface area contributed by atoms with Gasteiger partial charge >= 0.3 is 0 Å². The van der Waals surface area contributed by atoms with Gasteiger partial charge in [-0.1, -0.05) is 49.4 Å². The van der Waals surface area contributed by atoms with Gasteiger partial charge in [-0.2, -0.15) is 0 Å². The van der Waals surface area contributed by atoms with Gasteiger partial charge in [0.2, 0.25) is 5.91 Å². The predicted octanol–water partition coefficient (Wildman–Crippen LogP) is 3.92. The largest absolute Gasteiger partial charge is 0.356 e. The third kappa shape index (κ3) is 2.55. The van der Waals surface area contributed by atoms with E-state index in [1.807, 2.05) is 28.9 Å². The second-order valence-corrected chi connectivity index (χ2v) is 9.35. The molecule has 1 N–H and O–H groups in total. The highest BCUT2D eigenvalue weighted by Crippen LogP contribution is 2.49. The fourth-order valence-electron chi connectivity index (χ4n) is 5.60. The number of nitrogens with zero attached hydrogens (tertiary/aromatic N) is 2. The molecule has 2 aliphatic heterocycles. The van der Waals surface area contributed by atoms with E-state index in [4.69, 9.17) is 0 Å². The summed E-state index contributed by atoms with van der Waals surface area (Å²) in [6, 6.07) is 17.2. The van der Waals surface area contributed by atoms with Crippen LogP contribution < -0.4 is 0 Å². The summed E-state index contributed by atoms with van der Waals surface area (Å²) in [5.74, 6) is 0.144. The number of carbonyl (C=O) groups excluding carboxylic acids is 2. The minimum Gasteiger partial charge on any atom is -0.356 e. The summed E-state index contributed by atoms with van der Waals surface area (Å²) >= 11 is 0. The van der Waals surface area contributed by atoms with Crippen LogP contribution in [0, 0.1) is 0 Å². The van der Waals surface area contributed by atoms with Gasteiger partial charge in [-0.3, -0.25) is 9.59 Å². The van der Waals surface area contributed by atoms with Crippen LogP contribution in [0.15, 0.2) is 48.5 Å². The molecule has 31 heavy (non-hydrogen) atoms. The molecule has 5 heteroatoms. The van der Waals surface area contributed by atoms with Crippen molar-refractivity contribution in [2.45, 2.75) is 50.6 Å². The number of aryl methyl sites for hydroxylation is 1. The Hall–Kier alpha value is -3.08. The molecular formula is C26H27N3O2. The molecule has 0 bridgehead atoms. The number of amides is 2. The molecule has 3 aromatic rings. The minimum atomic E-state index is -0.980. The lowest BCUT2D eigenvalue weighted by Crippen LogP contribution is -2.67. The Labute approximate surface area is 182 Å². The lowest BCUT2D eigenvalue weighted by atomic mass is 9.76. The maximum Gasteiger partial charge on any atom is 0.255 e. The quantitative estimate of drug-likeness (QED) is 0.708. The number of H-pyrrole nitrogens is 1. The molecule has 0 radical (unpaired) electrons. The zero-order valence-corrected chi connectivity index (χ0v) is 18.0. The second-order valence-electron chi connectivity index (χ2n) is 9.35. The molecular weight excluding hydrogens is 386 g/mol. The number of para-hydroxylation sites is 1. The van der Waals surface area contributed by atoms with Crippen molar-refractivity contribution in [2.75, 3.05) is 13.1 Å². The maximum atomic E-state index is 13.8. The van der Waals surface area contributed by atoms with Gasteiger partial charge in [0.25, 0.3) is 5.91 Å². The van der Waals surface area contributed by atoms with E-state index in [0.717, 1.165) is 41.4 Å². The Bertz CT molecular complexity index is 1210. The molecule has 2 fully saturated rings. The van der Waals surface area contributed by atoms with Crippen molar-refractivity contribution in [3.05, 3.63) is 70.9 Å². The van der Waals surface area contributed by atoms with Crippen LogP contribution >= 0.6 is 0 Å². The van der Waals surface area contributed by atoms with Gasteiger partial charge in [0.05, 0.1) is 5.69 Å². The monoisotopic (exact) mass is 413 g/mol. The van der Waals surface area contributed by atoms with Crippen LogP contribution in [0.3, 0.4) is 0 Å². The second kappa shape index (κ2) is 6.46. The van der Waals surface area contributed by atoms with Crippen molar-refractivity contribution in [1.82, 2.24) is 14.8 Å². The van der Waals surface area contributed by atoms with Crippen molar-refractivity contribution in [2.24, 2.45) is 0 Å². The molecule has 3 heterocycles. The molecule has 2 unspecified atom stereocenters. The number of fused-ring (bicyclic) bond motifs is 5. The Morgan fingerprint density at radius 2 is 1.81 bits per heavy atom. The highest BCUT2D eigenvalue weighted by Gasteiger charge is 2.58. The van der Waals surface area contributed by atoms with Crippen LogP contribution in [0.1, 0.15) is 55.0 Å². The van der Waals surface area contributed by atoms with E-state index in [-0.39, 0.29) is 30.3 Å². The molecule has 2 amide bonds. The Morgan fingerprint density at radius 1 is 1.06 bits per heavy atom. The first-order chi connectivity index (χ1) is 15.0. The highest BCUT2D eigenvalue weighted by atomic mass is 16.2. The number of piperazine rings is 1. The van der Waals surface area contributed by atoms with Gasteiger partial charge in [-0.15, -0.1) is 0 Å². The Morgan fingerprint density at radius 3 is 2.52 bits per heavy atom. The van der Waals surface area contributed by atoms with Crippen LogP contribution in [0.5, 0.6) is 0 Å². The number of benzene rings is 2. The number of carbonyl (C=O) groups is 2. The molecule has 2 atom stereocenters. The Balaban J connectivity index is 1.57. The van der Waals surface area contributed by atoms with E-state index in [0.29, 0.717) is 6.54 Å². The summed E-state index contributed by atoms with van der Waals surface area (Å²) in [7, 11) is 0. The van der Waals surface area contributed by atoms with E-state index in [1.165, 1.54) is 11.1 Å². The van der Waals surface area contributed by atoms with Gasteiger partial charge in [-0.25, -0.2) is 0 Å². The smallest absolute Gasteiger partial charge is 0.255 e. The normalized spacial score (nSPS) is 25.7. The molecule has 1 aromatic heterocycles. The van der Waals surface area contributed by atoms with E-state index in [2.05, 4.69) is 48.3 Å². The summed E-state index contributed by atoms with van der Waals surface area (Å²) in [6.07, 6.45) is 3.00. The lowest BCUT2D eigenvalue weighted by molar-refractivity contribution is -0.166.